The maximum absolute atomic E-state index is 13.3. The Balaban J connectivity index is 1.33. The first-order valence-corrected chi connectivity index (χ1v) is 11.3. The van der Waals surface area contributed by atoms with Crippen molar-refractivity contribution in [2.45, 2.75) is 39.2 Å². The molecule has 0 spiro atoms. The van der Waals surface area contributed by atoms with E-state index in [0.717, 1.165) is 69.4 Å². The molecule has 0 N–H and O–H groups in total. The number of benzene rings is 1. The Kier molecular flexibility index (Phi) is 5.19. The number of nitrogens with zero attached hydrogens (tertiary/aromatic N) is 5. The lowest BCUT2D eigenvalue weighted by Gasteiger charge is -2.37. The molecular formula is C24H31N5O. The Hall–Kier alpha value is -2.47. The van der Waals surface area contributed by atoms with E-state index in [2.05, 4.69) is 45.9 Å². The first-order chi connectivity index (χ1) is 14.6. The van der Waals surface area contributed by atoms with Crippen molar-refractivity contribution in [3.8, 4) is 0 Å². The molecule has 1 aromatic carbocycles. The summed E-state index contributed by atoms with van der Waals surface area (Å²) in [7, 11) is 0. The van der Waals surface area contributed by atoms with Crippen molar-refractivity contribution in [2.24, 2.45) is 5.92 Å². The van der Waals surface area contributed by atoms with Gasteiger partial charge in [0.15, 0.2) is 0 Å². The van der Waals surface area contributed by atoms with E-state index in [4.69, 9.17) is 9.97 Å². The van der Waals surface area contributed by atoms with Crippen molar-refractivity contribution < 1.29 is 4.79 Å². The highest BCUT2D eigenvalue weighted by Crippen LogP contribution is 2.48. The first kappa shape index (κ1) is 19.5. The van der Waals surface area contributed by atoms with Gasteiger partial charge in [0.25, 0.3) is 0 Å². The summed E-state index contributed by atoms with van der Waals surface area (Å²) in [5, 5.41) is 0. The van der Waals surface area contributed by atoms with Gasteiger partial charge < -0.3 is 14.7 Å². The Labute approximate surface area is 178 Å². The Morgan fingerprint density at radius 1 is 1.07 bits per heavy atom. The molecule has 6 nitrogen and oxygen atoms in total. The van der Waals surface area contributed by atoms with Crippen LogP contribution >= 0.6 is 0 Å². The molecule has 0 bridgehead atoms. The van der Waals surface area contributed by atoms with E-state index < -0.39 is 0 Å². The van der Waals surface area contributed by atoms with E-state index in [0.29, 0.717) is 18.4 Å². The molecule has 3 aliphatic rings. The summed E-state index contributed by atoms with van der Waals surface area (Å²) in [6, 6.07) is 10.5. The van der Waals surface area contributed by atoms with Crippen LogP contribution in [0.25, 0.3) is 0 Å². The van der Waals surface area contributed by atoms with Crippen LogP contribution in [0.5, 0.6) is 0 Å². The molecule has 1 saturated carbocycles. The molecule has 2 aliphatic heterocycles. The predicted molar refractivity (Wildman–Crippen MR) is 118 cm³/mol. The van der Waals surface area contributed by atoms with Crippen molar-refractivity contribution >= 4 is 11.7 Å². The molecule has 1 amide bonds. The number of likely N-dealkylation sites (N-methyl/N-ethyl adjacent to an activating group) is 1. The highest BCUT2D eigenvalue weighted by molar-refractivity contribution is 5.83. The minimum atomic E-state index is 0.136. The molecule has 1 aromatic heterocycles. The standard InChI is InChI=1S/C24H31N5O/c1-3-27-11-13-28(14-12-27)23-21-16-29(10-9-22(21)25-17(2)26-23)24(30)20-15-19(20)18-7-5-4-6-8-18/h4-8,19-20H,3,9-16H2,1-2H3/t19-,20+/m0/s1. The minimum Gasteiger partial charge on any atom is -0.354 e. The molecule has 2 fully saturated rings. The summed E-state index contributed by atoms with van der Waals surface area (Å²) in [5.41, 5.74) is 3.60. The number of rotatable bonds is 4. The van der Waals surface area contributed by atoms with Crippen LogP contribution < -0.4 is 4.90 Å². The molecule has 3 heterocycles. The van der Waals surface area contributed by atoms with Crippen LogP contribution in [0.3, 0.4) is 0 Å². The zero-order valence-electron chi connectivity index (χ0n) is 18.0. The minimum absolute atomic E-state index is 0.136. The summed E-state index contributed by atoms with van der Waals surface area (Å²) in [4.78, 5) is 29.8. The van der Waals surface area contributed by atoms with Gasteiger partial charge in [-0.15, -0.1) is 0 Å². The number of carbonyl (C=O) groups is 1. The average Bonchev–Trinajstić information content (AvgIpc) is 3.59. The molecular weight excluding hydrogens is 374 g/mol. The lowest BCUT2D eigenvalue weighted by Crippen LogP contribution is -2.47. The van der Waals surface area contributed by atoms with Gasteiger partial charge in [-0.05, 0) is 31.4 Å². The van der Waals surface area contributed by atoms with E-state index in [1.807, 2.05) is 13.0 Å². The molecule has 2 aromatic rings. The van der Waals surface area contributed by atoms with Gasteiger partial charge in [-0.3, -0.25) is 4.79 Å². The van der Waals surface area contributed by atoms with Gasteiger partial charge in [0.1, 0.15) is 11.6 Å². The van der Waals surface area contributed by atoms with Gasteiger partial charge in [-0.25, -0.2) is 9.97 Å². The van der Waals surface area contributed by atoms with Crippen molar-refractivity contribution in [3.63, 3.8) is 0 Å². The van der Waals surface area contributed by atoms with Crippen LogP contribution in [0.2, 0.25) is 0 Å². The topological polar surface area (TPSA) is 52.6 Å². The van der Waals surface area contributed by atoms with Crippen molar-refractivity contribution in [1.29, 1.82) is 0 Å². The van der Waals surface area contributed by atoms with Crippen LogP contribution in [-0.2, 0) is 17.8 Å². The molecule has 0 unspecified atom stereocenters. The number of fused-ring (bicyclic) bond motifs is 1. The van der Waals surface area contributed by atoms with Crippen LogP contribution in [-0.4, -0.2) is 64.9 Å². The van der Waals surface area contributed by atoms with E-state index >= 15 is 0 Å². The van der Waals surface area contributed by atoms with E-state index in [-0.39, 0.29) is 5.92 Å². The van der Waals surface area contributed by atoms with Crippen LogP contribution in [0.15, 0.2) is 30.3 Å². The van der Waals surface area contributed by atoms with E-state index in [9.17, 15) is 4.79 Å². The van der Waals surface area contributed by atoms with E-state index in [1.54, 1.807) is 0 Å². The summed E-state index contributed by atoms with van der Waals surface area (Å²) in [6.45, 7) is 10.8. The number of piperazine rings is 1. The second-order valence-corrected chi connectivity index (χ2v) is 8.81. The third-order valence-corrected chi connectivity index (χ3v) is 6.92. The van der Waals surface area contributed by atoms with Crippen LogP contribution in [0.4, 0.5) is 5.82 Å². The third-order valence-electron chi connectivity index (χ3n) is 6.92. The fourth-order valence-corrected chi connectivity index (χ4v) is 5.01. The van der Waals surface area contributed by atoms with Crippen molar-refractivity contribution in [1.82, 2.24) is 19.8 Å². The summed E-state index contributed by atoms with van der Waals surface area (Å²) < 4.78 is 0. The fourth-order valence-electron chi connectivity index (χ4n) is 5.01. The highest BCUT2D eigenvalue weighted by atomic mass is 16.2. The molecule has 6 heteroatoms. The molecule has 1 saturated heterocycles. The lowest BCUT2D eigenvalue weighted by molar-refractivity contribution is -0.133. The Morgan fingerprint density at radius 2 is 1.83 bits per heavy atom. The fraction of sp³-hybridized carbons (Fsp3) is 0.542. The third kappa shape index (κ3) is 3.69. The smallest absolute Gasteiger partial charge is 0.226 e. The SMILES string of the molecule is CCN1CCN(c2nc(C)nc3c2CN(C(=O)[C@@H]2C[C@H]2c2ccccc2)CC3)CC1. The lowest BCUT2D eigenvalue weighted by atomic mass is 10.0. The maximum Gasteiger partial charge on any atom is 0.226 e. The van der Waals surface area contributed by atoms with Gasteiger partial charge in [0.2, 0.25) is 5.91 Å². The quantitative estimate of drug-likeness (QED) is 0.783. The molecule has 158 valence electrons. The van der Waals surface area contributed by atoms with Gasteiger partial charge in [-0.2, -0.15) is 0 Å². The second-order valence-electron chi connectivity index (χ2n) is 8.81. The second kappa shape index (κ2) is 7.99. The van der Waals surface area contributed by atoms with Gasteiger partial charge in [-0.1, -0.05) is 37.3 Å². The monoisotopic (exact) mass is 405 g/mol. The predicted octanol–water partition coefficient (Wildman–Crippen LogP) is 2.62. The number of hydrogen-bond acceptors (Lipinski definition) is 5. The first-order valence-electron chi connectivity index (χ1n) is 11.3. The number of aryl methyl sites for hydroxylation is 1. The van der Waals surface area contributed by atoms with Crippen molar-refractivity contribution in [2.75, 3.05) is 44.2 Å². The molecule has 5 rings (SSSR count). The normalized spacial score (nSPS) is 23.9. The molecule has 30 heavy (non-hydrogen) atoms. The molecule has 2 atom stereocenters. The summed E-state index contributed by atoms with van der Waals surface area (Å²) in [5.74, 6) is 2.72. The van der Waals surface area contributed by atoms with E-state index in [1.165, 1.54) is 11.1 Å². The van der Waals surface area contributed by atoms with Crippen LogP contribution in [0.1, 0.15) is 41.9 Å². The average molecular weight is 406 g/mol. The Bertz CT molecular complexity index is 923. The Morgan fingerprint density at radius 3 is 2.57 bits per heavy atom. The maximum atomic E-state index is 13.3. The van der Waals surface area contributed by atoms with Crippen molar-refractivity contribution in [3.05, 3.63) is 53.0 Å². The van der Waals surface area contributed by atoms with Gasteiger partial charge >= 0.3 is 0 Å². The molecule has 0 radical (unpaired) electrons. The highest BCUT2D eigenvalue weighted by Gasteiger charge is 2.46. The van der Waals surface area contributed by atoms with Gasteiger partial charge in [0.05, 0.1) is 12.2 Å². The number of hydrogen-bond donors (Lipinski definition) is 0. The zero-order valence-corrected chi connectivity index (χ0v) is 18.0. The number of aromatic nitrogens is 2. The number of carbonyl (C=O) groups excluding carboxylic acids is 1. The molecule has 1 aliphatic carbocycles. The van der Waals surface area contributed by atoms with Gasteiger partial charge in [0, 0.05) is 50.6 Å². The summed E-state index contributed by atoms with van der Waals surface area (Å²) in [6.07, 6.45) is 1.80. The largest absolute Gasteiger partial charge is 0.354 e. The van der Waals surface area contributed by atoms with Crippen LogP contribution in [0, 0.1) is 12.8 Å². The number of anilines is 1. The summed E-state index contributed by atoms with van der Waals surface area (Å²) >= 11 is 0. The zero-order chi connectivity index (χ0) is 20.7. The number of amides is 1.